The number of likely N-dealkylation sites (tertiary alicyclic amines) is 1. The Labute approximate surface area is 199 Å². The highest BCUT2D eigenvalue weighted by Crippen LogP contribution is 2.28. The number of alkyl halides is 1. The van der Waals surface area contributed by atoms with Crippen LogP contribution in [0.1, 0.15) is 54.7 Å². The lowest BCUT2D eigenvalue weighted by atomic mass is 9.96. The van der Waals surface area contributed by atoms with E-state index in [1.165, 1.54) is 29.3 Å². The summed E-state index contributed by atoms with van der Waals surface area (Å²) in [6.07, 6.45) is 0.672. The third-order valence-electron chi connectivity index (χ3n) is 5.98. The van der Waals surface area contributed by atoms with E-state index >= 15 is 0 Å². The second-order valence-corrected chi connectivity index (χ2v) is 8.81. The highest BCUT2D eigenvalue weighted by molar-refractivity contribution is 5.89. The first-order valence-corrected chi connectivity index (χ1v) is 11.2. The van der Waals surface area contributed by atoms with Crippen LogP contribution in [0.2, 0.25) is 0 Å². The summed E-state index contributed by atoms with van der Waals surface area (Å²) in [5, 5.41) is 12.6. The first-order chi connectivity index (χ1) is 16.7. The predicted molar refractivity (Wildman–Crippen MR) is 120 cm³/mol. The molecule has 1 aliphatic heterocycles. The lowest BCUT2D eigenvalue weighted by molar-refractivity contribution is -0.138. The van der Waals surface area contributed by atoms with E-state index in [0.717, 1.165) is 6.20 Å². The zero-order valence-corrected chi connectivity index (χ0v) is 19.2. The molecule has 2 amide bonds. The number of nitrogens with one attached hydrogen (secondary N) is 2. The number of benzene rings is 1. The van der Waals surface area contributed by atoms with Crippen LogP contribution < -0.4 is 5.32 Å². The van der Waals surface area contributed by atoms with Gasteiger partial charge < -0.3 is 10.2 Å². The summed E-state index contributed by atoms with van der Waals surface area (Å²) in [6, 6.07) is 5.13. The summed E-state index contributed by atoms with van der Waals surface area (Å²) in [5.41, 5.74) is 1.53. The van der Waals surface area contributed by atoms with Gasteiger partial charge in [-0.05, 0) is 35.2 Å². The molecule has 2 N–H and O–H groups in total. The standard InChI is InChI=1S/C24H25F3N6O2/c1-13(2)18-5-3-14(7-19(18)27)23(20-6-4-15(25)10-28-20)30-24(35)21-8-16(26)12-33(21)22(34)9-17-11-29-32-31-17/h3-7,10-11,13,16,21,23H,8-9,12H2,1-2H3,(H,30,35)(H,29,31,32)/t16-,21+,23-/m1/s1. The predicted octanol–water partition coefficient (Wildman–Crippen LogP) is 2.99. The third kappa shape index (κ3) is 5.50. The Bertz CT molecular complexity index is 1190. The van der Waals surface area contributed by atoms with Crippen molar-refractivity contribution in [3.63, 3.8) is 0 Å². The number of carbonyl (C=O) groups excluding carboxylic acids is 2. The van der Waals surface area contributed by atoms with E-state index in [1.54, 1.807) is 12.1 Å². The monoisotopic (exact) mass is 486 g/mol. The maximum Gasteiger partial charge on any atom is 0.243 e. The molecule has 0 unspecified atom stereocenters. The molecular weight excluding hydrogens is 461 g/mol. The van der Waals surface area contributed by atoms with Crippen LogP contribution in [-0.2, 0) is 16.0 Å². The molecule has 3 atom stereocenters. The average molecular weight is 486 g/mol. The topological polar surface area (TPSA) is 104 Å². The molecule has 3 aromatic rings. The maximum atomic E-state index is 14.8. The minimum absolute atomic E-state index is 0.0506. The summed E-state index contributed by atoms with van der Waals surface area (Å²) in [6.45, 7) is 3.49. The molecule has 1 fully saturated rings. The van der Waals surface area contributed by atoms with E-state index in [2.05, 4.69) is 25.7 Å². The van der Waals surface area contributed by atoms with E-state index in [4.69, 9.17) is 0 Å². The largest absolute Gasteiger partial charge is 0.342 e. The summed E-state index contributed by atoms with van der Waals surface area (Å²) in [4.78, 5) is 31.3. The van der Waals surface area contributed by atoms with Crippen LogP contribution in [0.5, 0.6) is 0 Å². The number of pyridine rings is 1. The number of H-pyrrole nitrogens is 1. The molecule has 184 valence electrons. The molecule has 0 radical (unpaired) electrons. The van der Waals surface area contributed by atoms with Crippen molar-refractivity contribution in [2.75, 3.05) is 6.54 Å². The fourth-order valence-electron chi connectivity index (χ4n) is 4.19. The first kappa shape index (κ1) is 24.4. The Hall–Kier alpha value is -3.76. The van der Waals surface area contributed by atoms with Crippen molar-refractivity contribution in [3.05, 3.63) is 76.9 Å². The Balaban J connectivity index is 1.60. The van der Waals surface area contributed by atoms with Crippen molar-refractivity contribution >= 4 is 11.8 Å². The second-order valence-electron chi connectivity index (χ2n) is 8.81. The number of aromatic amines is 1. The van der Waals surface area contributed by atoms with E-state index < -0.39 is 41.7 Å². The lowest BCUT2D eigenvalue weighted by Crippen LogP contribution is -2.47. The zero-order chi connectivity index (χ0) is 25.1. The molecule has 11 heteroatoms. The molecular formula is C24H25F3N6O2. The van der Waals surface area contributed by atoms with Crippen LogP contribution in [-0.4, -0.2) is 55.9 Å². The number of carbonyl (C=O) groups is 2. The van der Waals surface area contributed by atoms with Crippen molar-refractivity contribution in [2.45, 2.75) is 50.9 Å². The lowest BCUT2D eigenvalue weighted by Gasteiger charge is -2.26. The summed E-state index contributed by atoms with van der Waals surface area (Å²) < 4.78 is 42.6. The maximum absolute atomic E-state index is 14.8. The Morgan fingerprint density at radius 3 is 2.63 bits per heavy atom. The minimum atomic E-state index is -1.38. The van der Waals surface area contributed by atoms with Gasteiger partial charge in [0.15, 0.2) is 0 Å². The molecule has 1 aliphatic rings. The van der Waals surface area contributed by atoms with Crippen LogP contribution in [0.4, 0.5) is 13.2 Å². The molecule has 8 nitrogen and oxygen atoms in total. The fourth-order valence-corrected chi connectivity index (χ4v) is 4.19. The van der Waals surface area contributed by atoms with E-state index in [1.807, 2.05) is 13.8 Å². The van der Waals surface area contributed by atoms with Gasteiger partial charge in [-0.3, -0.25) is 14.6 Å². The highest BCUT2D eigenvalue weighted by Gasteiger charge is 2.40. The van der Waals surface area contributed by atoms with E-state index in [0.29, 0.717) is 16.8 Å². The van der Waals surface area contributed by atoms with Crippen LogP contribution in [0, 0.1) is 11.6 Å². The van der Waals surface area contributed by atoms with Gasteiger partial charge in [0, 0.05) is 6.42 Å². The van der Waals surface area contributed by atoms with Crippen LogP contribution >= 0.6 is 0 Å². The molecule has 1 aromatic carbocycles. The first-order valence-electron chi connectivity index (χ1n) is 11.2. The van der Waals surface area contributed by atoms with Gasteiger partial charge in [0.05, 0.1) is 42.8 Å². The number of hydrogen-bond acceptors (Lipinski definition) is 5. The molecule has 0 spiro atoms. The molecule has 0 bridgehead atoms. The molecule has 0 aliphatic carbocycles. The molecule has 2 aromatic heterocycles. The van der Waals surface area contributed by atoms with Gasteiger partial charge in [0.25, 0.3) is 0 Å². The van der Waals surface area contributed by atoms with Crippen molar-refractivity contribution in [1.29, 1.82) is 0 Å². The number of rotatable bonds is 7. The molecule has 0 saturated carbocycles. The van der Waals surface area contributed by atoms with Crippen LogP contribution in [0.3, 0.4) is 0 Å². The SMILES string of the molecule is CC(C)c1ccc([C@@H](NC(=O)[C@@H]2C[C@@H](F)CN2C(=O)Cc2cn[nH]n2)c2ccc(F)cn2)cc1F. The Morgan fingerprint density at radius 1 is 1.20 bits per heavy atom. The zero-order valence-electron chi connectivity index (χ0n) is 19.2. The Morgan fingerprint density at radius 2 is 2.00 bits per heavy atom. The van der Waals surface area contributed by atoms with Crippen molar-refractivity contribution < 1.29 is 22.8 Å². The van der Waals surface area contributed by atoms with E-state index in [-0.39, 0.29) is 31.0 Å². The molecule has 1 saturated heterocycles. The van der Waals surface area contributed by atoms with Crippen molar-refractivity contribution in [3.8, 4) is 0 Å². The van der Waals surface area contributed by atoms with Gasteiger partial charge >= 0.3 is 0 Å². The van der Waals surface area contributed by atoms with Crippen LogP contribution in [0.15, 0.2) is 42.7 Å². The third-order valence-corrected chi connectivity index (χ3v) is 5.98. The highest BCUT2D eigenvalue weighted by atomic mass is 19.1. The quantitative estimate of drug-likeness (QED) is 0.535. The minimum Gasteiger partial charge on any atom is -0.342 e. The Kier molecular flexibility index (Phi) is 7.13. The average Bonchev–Trinajstić information content (AvgIpc) is 3.47. The van der Waals surface area contributed by atoms with Gasteiger partial charge in [-0.15, -0.1) is 0 Å². The normalized spacial score (nSPS) is 18.6. The number of aromatic nitrogens is 4. The molecule has 4 rings (SSSR count). The van der Waals surface area contributed by atoms with Gasteiger partial charge in [-0.25, -0.2) is 13.2 Å². The van der Waals surface area contributed by atoms with Gasteiger partial charge in [-0.1, -0.05) is 26.0 Å². The summed E-state index contributed by atoms with van der Waals surface area (Å²) in [5.74, 6) is -2.16. The van der Waals surface area contributed by atoms with Gasteiger partial charge in [0.2, 0.25) is 11.8 Å². The summed E-state index contributed by atoms with van der Waals surface area (Å²) in [7, 11) is 0. The number of nitrogens with zero attached hydrogens (tertiary/aromatic N) is 4. The van der Waals surface area contributed by atoms with Crippen LogP contribution in [0.25, 0.3) is 0 Å². The fraction of sp³-hybridized carbons (Fsp3) is 0.375. The van der Waals surface area contributed by atoms with Crippen molar-refractivity contribution in [1.82, 2.24) is 30.6 Å². The smallest absolute Gasteiger partial charge is 0.243 e. The molecule has 3 heterocycles. The van der Waals surface area contributed by atoms with Crippen molar-refractivity contribution in [2.24, 2.45) is 0 Å². The number of hydrogen-bond donors (Lipinski definition) is 2. The van der Waals surface area contributed by atoms with E-state index in [9.17, 15) is 22.8 Å². The van der Waals surface area contributed by atoms with Gasteiger partial charge in [0.1, 0.15) is 23.8 Å². The second kappa shape index (κ2) is 10.2. The summed E-state index contributed by atoms with van der Waals surface area (Å²) >= 11 is 0. The number of halogens is 3. The van der Waals surface area contributed by atoms with Gasteiger partial charge in [-0.2, -0.15) is 15.4 Å². The number of amides is 2. The molecule has 35 heavy (non-hydrogen) atoms.